The van der Waals surface area contributed by atoms with E-state index in [2.05, 4.69) is 24.0 Å². The van der Waals surface area contributed by atoms with Crippen molar-refractivity contribution in [1.29, 1.82) is 0 Å². The molecule has 1 aromatic heterocycles. The Bertz CT molecular complexity index is 2160. The van der Waals surface area contributed by atoms with Crippen molar-refractivity contribution in [3.8, 4) is 45.9 Å². The van der Waals surface area contributed by atoms with E-state index in [9.17, 15) is 9.59 Å². The predicted octanol–water partition coefficient (Wildman–Crippen LogP) is 15.4. The first-order valence-corrected chi connectivity index (χ1v) is 24.2. The molecule has 344 valence electrons. The van der Waals surface area contributed by atoms with Crippen molar-refractivity contribution in [1.82, 2.24) is 10.2 Å². The van der Waals surface area contributed by atoms with Crippen molar-refractivity contribution >= 4 is 11.9 Å². The Morgan fingerprint density at radius 1 is 0.438 bits per heavy atom. The minimum atomic E-state index is -0.450. The lowest BCUT2D eigenvalue weighted by molar-refractivity contribution is 0.0724. The van der Waals surface area contributed by atoms with Crippen LogP contribution in [0.4, 0.5) is 0 Å². The topological polar surface area (TPSA) is 110 Å². The minimum Gasteiger partial charge on any atom is -0.493 e. The van der Waals surface area contributed by atoms with Crippen LogP contribution in [-0.2, 0) is 0 Å². The molecule has 5 aromatic rings. The van der Waals surface area contributed by atoms with E-state index in [-0.39, 0.29) is 0 Å². The van der Waals surface area contributed by atoms with Crippen LogP contribution in [0, 0.1) is 20.8 Å². The van der Waals surface area contributed by atoms with E-state index in [0.29, 0.717) is 58.7 Å². The summed E-state index contributed by atoms with van der Waals surface area (Å²) in [6.45, 7) is 11.6. The molecule has 0 fully saturated rings. The zero-order chi connectivity index (χ0) is 45.4. The number of rotatable bonds is 30. The molecule has 0 unspecified atom stereocenters. The highest BCUT2D eigenvalue weighted by atomic mass is 16.5. The van der Waals surface area contributed by atoms with E-state index >= 15 is 0 Å². The lowest BCUT2D eigenvalue weighted by Gasteiger charge is -2.12. The fourth-order valence-corrected chi connectivity index (χ4v) is 7.76. The Kier molecular flexibility index (Phi) is 21.4. The third kappa shape index (κ3) is 16.6. The molecule has 0 aliphatic rings. The van der Waals surface area contributed by atoms with E-state index in [0.717, 1.165) is 41.0 Å². The number of unbranched alkanes of at least 4 members (excludes halogenated alkanes) is 18. The summed E-state index contributed by atoms with van der Waals surface area (Å²) < 4.78 is 29.6. The zero-order valence-electron chi connectivity index (χ0n) is 39.3. The monoisotopic (exact) mass is 873 g/mol. The fourth-order valence-electron chi connectivity index (χ4n) is 7.76. The van der Waals surface area contributed by atoms with E-state index < -0.39 is 11.9 Å². The summed E-state index contributed by atoms with van der Waals surface area (Å²) in [6, 6.07) is 23.1. The number of hydrogen-bond donors (Lipinski definition) is 0. The molecule has 0 amide bonds. The summed E-state index contributed by atoms with van der Waals surface area (Å²) in [5, 5.41) is 8.50. The van der Waals surface area contributed by atoms with Gasteiger partial charge in [0.2, 0.25) is 11.8 Å². The van der Waals surface area contributed by atoms with Crippen molar-refractivity contribution in [3.63, 3.8) is 0 Å². The van der Waals surface area contributed by atoms with Crippen LogP contribution in [0.5, 0.6) is 23.0 Å². The third-order valence-electron chi connectivity index (χ3n) is 11.7. The predicted molar refractivity (Wildman–Crippen MR) is 257 cm³/mol. The van der Waals surface area contributed by atoms with Gasteiger partial charge in [-0.05, 0) is 129 Å². The van der Waals surface area contributed by atoms with Crippen LogP contribution >= 0.6 is 0 Å². The number of hydrogen-bond acceptors (Lipinski definition) is 9. The molecule has 0 aliphatic carbocycles. The minimum absolute atomic E-state index is 0.316. The highest BCUT2D eigenvalue weighted by Crippen LogP contribution is 2.30. The van der Waals surface area contributed by atoms with Gasteiger partial charge in [-0.2, -0.15) is 0 Å². The van der Waals surface area contributed by atoms with Gasteiger partial charge < -0.3 is 23.4 Å². The Labute approximate surface area is 382 Å². The SMILES string of the molecule is CCCCCCCCCCCCOc1ccc(C(=O)Oc2ccc(-c3nnc(-c4ccc(OC(=O)c5ccc(OCCCCCCCCCCCC)c(C)c5)c(C)c4)o3)cc2)cc1C. The third-order valence-corrected chi connectivity index (χ3v) is 11.7. The lowest BCUT2D eigenvalue weighted by atomic mass is 10.1. The van der Waals surface area contributed by atoms with Gasteiger partial charge in [-0.3, -0.25) is 0 Å². The largest absolute Gasteiger partial charge is 0.493 e. The first kappa shape index (κ1) is 49.6. The van der Waals surface area contributed by atoms with Crippen molar-refractivity contribution in [2.24, 2.45) is 0 Å². The van der Waals surface area contributed by atoms with Crippen LogP contribution in [0.1, 0.15) is 180 Å². The number of benzene rings is 4. The molecule has 5 rings (SSSR count). The molecule has 1 heterocycles. The van der Waals surface area contributed by atoms with Gasteiger partial charge in [-0.25, -0.2) is 9.59 Å². The second-order valence-corrected chi connectivity index (χ2v) is 17.2. The number of carbonyl (C=O) groups excluding carboxylic acids is 2. The fraction of sp³-hybridized carbons (Fsp3) is 0.491. The highest BCUT2D eigenvalue weighted by Gasteiger charge is 2.17. The van der Waals surface area contributed by atoms with Gasteiger partial charge in [0.05, 0.1) is 24.3 Å². The van der Waals surface area contributed by atoms with Crippen LogP contribution in [0.3, 0.4) is 0 Å². The van der Waals surface area contributed by atoms with Gasteiger partial charge >= 0.3 is 11.9 Å². The van der Waals surface area contributed by atoms with Gasteiger partial charge in [0.1, 0.15) is 23.0 Å². The lowest BCUT2D eigenvalue weighted by Crippen LogP contribution is -2.10. The molecule has 9 heteroatoms. The van der Waals surface area contributed by atoms with Crippen molar-refractivity contribution < 1.29 is 33.0 Å². The number of aromatic nitrogens is 2. The summed E-state index contributed by atoms with van der Waals surface area (Å²) in [6.07, 6.45) is 25.6. The normalized spacial score (nSPS) is 11.1. The highest BCUT2D eigenvalue weighted by molar-refractivity contribution is 5.92. The van der Waals surface area contributed by atoms with Gasteiger partial charge in [0.15, 0.2) is 0 Å². The van der Waals surface area contributed by atoms with E-state index in [1.54, 1.807) is 54.6 Å². The van der Waals surface area contributed by atoms with Crippen molar-refractivity contribution in [2.45, 2.75) is 163 Å². The number of nitrogens with zero attached hydrogens (tertiary/aromatic N) is 2. The Morgan fingerprint density at radius 2 is 0.828 bits per heavy atom. The Morgan fingerprint density at radius 3 is 1.28 bits per heavy atom. The molecule has 0 aliphatic heterocycles. The zero-order valence-corrected chi connectivity index (χ0v) is 39.3. The maximum absolute atomic E-state index is 13.1. The van der Waals surface area contributed by atoms with Crippen LogP contribution in [0.2, 0.25) is 0 Å². The molecule has 0 bridgehead atoms. The summed E-state index contributed by atoms with van der Waals surface area (Å²) in [5.74, 6) is 2.16. The molecule has 0 radical (unpaired) electrons. The molecule has 64 heavy (non-hydrogen) atoms. The summed E-state index contributed by atoms with van der Waals surface area (Å²) >= 11 is 0. The van der Waals surface area contributed by atoms with Gasteiger partial charge in [-0.1, -0.05) is 129 Å². The van der Waals surface area contributed by atoms with E-state index in [1.807, 2.05) is 45.0 Å². The molecule has 9 nitrogen and oxygen atoms in total. The number of esters is 2. The maximum atomic E-state index is 13.1. The second kappa shape index (κ2) is 27.7. The van der Waals surface area contributed by atoms with Gasteiger partial charge in [-0.15, -0.1) is 10.2 Å². The number of carbonyl (C=O) groups is 2. The van der Waals surface area contributed by atoms with Gasteiger partial charge in [0, 0.05) is 11.1 Å². The van der Waals surface area contributed by atoms with E-state index in [4.69, 9.17) is 23.4 Å². The number of aryl methyl sites for hydroxylation is 3. The van der Waals surface area contributed by atoms with Crippen molar-refractivity contribution in [2.75, 3.05) is 13.2 Å². The summed E-state index contributed by atoms with van der Waals surface area (Å²) in [7, 11) is 0. The smallest absolute Gasteiger partial charge is 0.343 e. The number of ether oxygens (including phenoxy) is 4. The maximum Gasteiger partial charge on any atom is 0.343 e. The van der Waals surface area contributed by atoms with Crippen LogP contribution in [-0.4, -0.2) is 35.3 Å². The Balaban J connectivity index is 1.03. The second-order valence-electron chi connectivity index (χ2n) is 17.2. The quantitative estimate of drug-likeness (QED) is 0.0253. The molecule has 0 atom stereocenters. The van der Waals surface area contributed by atoms with Crippen molar-refractivity contribution in [3.05, 3.63) is 107 Å². The summed E-state index contributed by atoms with van der Waals surface area (Å²) in [4.78, 5) is 26.2. The van der Waals surface area contributed by atoms with Crippen LogP contribution in [0.15, 0.2) is 83.3 Å². The van der Waals surface area contributed by atoms with Crippen LogP contribution in [0.25, 0.3) is 22.9 Å². The molecule has 0 N–H and O–H groups in total. The molecule has 0 saturated heterocycles. The Hall–Kier alpha value is -5.44. The molecular weight excluding hydrogens is 801 g/mol. The standard InChI is InChI=1S/C55H72N2O7/c1-6-8-10-12-14-16-18-20-22-24-36-60-49-33-29-46(39-41(49)3)54(58)62-48-31-26-44(27-32-48)52-56-57-53(64-52)45-28-35-51(43(5)38-45)63-55(59)47-30-34-50(42(4)40-47)61-37-25-23-21-19-17-15-13-11-9-7-2/h26-35,38-40H,6-25,36-37H2,1-5H3. The average molecular weight is 873 g/mol. The molecular formula is C55H72N2O7. The first-order valence-electron chi connectivity index (χ1n) is 24.2. The molecule has 0 saturated carbocycles. The molecule has 4 aromatic carbocycles. The van der Waals surface area contributed by atoms with E-state index in [1.165, 1.54) is 116 Å². The average Bonchev–Trinajstić information content (AvgIpc) is 3.80. The van der Waals surface area contributed by atoms with Crippen LogP contribution < -0.4 is 18.9 Å². The first-order chi connectivity index (χ1) is 31.2. The molecule has 0 spiro atoms. The van der Waals surface area contributed by atoms with Gasteiger partial charge in [0.25, 0.3) is 0 Å². The summed E-state index contributed by atoms with van der Waals surface area (Å²) in [5.41, 5.74) is 4.80.